The van der Waals surface area contributed by atoms with Gasteiger partial charge in [-0.15, -0.1) is 0 Å². The monoisotopic (exact) mass is 275 g/mol. The highest BCUT2D eigenvalue weighted by atomic mass is 19.4. The largest absolute Gasteiger partial charge is 0.451 e. The Labute approximate surface area is 109 Å². The van der Waals surface area contributed by atoms with E-state index in [1.54, 1.807) is 11.9 Å². The van der Waals surface area contributed by atoms with E-state index in [1.165, 1.54) is 6.07 Å². The van der Waals surface area contributed by atoms with Crippen molar-refractivity contribution in [1.82, 2.24) is 9.97 Å². The van der Waals surface area contributed by atoms with Crippen LogP contribution in [0.1, 0.15) is 25.6 Å². The number of hydrazine groups is 1. The zero-order chi connectivity index (χ0) is 14.2. The number of aromatic nitrogens is 2. The van der Waals surface area contributed by atoms with Gasteiger partial charge in [0.1, 0.15) is 11.6 Å². The first-order chi connectivity index (χ1) is 8.82. The molecule has 1 aromatic rings. The fourth-order valence-corrected chi connectivity index (χ4v) is 1.92. The quantitative estimate of drug-likeness (QED) is 0.650. The Hall–Kier alpha value is -1.57. The van der Waals surface area contributed by atoms with Crippen LogP contribution in [0.2, 0.25) is 0 Å². The van der Waals surface area contributed by atoms with E-state index in [9.17, 15) is 13.2 Å². The third kappa shape index (κ3) is 3.06. The van der Waals surface area contributed by atoms with Crippen LogP contribution in [0.4, 0.5) is 24.8 Å². The second-order valence-electron chi connectivity index (χ2n) is 4.77. The van der Waals surface area contributed by atoms with Crippen LogP contribution in [0.3, 0.4) is 0 Å². The summed E-state index contributed by atoms with van der Waals surface area (Å²) in [6.45, 7) is 1.97. The maximum atomic E-state index is 12.7. The van der Waals surface area contributed by atoms with Gasteiger partial charge in [0, 0.05) is 19.2 Å². The van der Waals surface area contributed by atoms with Gasteiger partial charge in [-0.1, -0.05) is 0 Å². The molecular formula is C11H16F3N5. The lowest BCUT2D eigenvalue weighted by Gasteiger charge is -2.26. The predicted molar refractivity (Wildman–Crippen MR) is 65.4 cm³/mol. The van der Waals surface area contributed by atoms with Gasteiger partial charge in [0.2, 0.25) is 5.82 Å². The molecule has 1 aliphatic rings. The molecular weight excluding hydrogens is 259 g/mol. The van der Waals surface area contributed by atoms with Gasteiger partial charge in [-0.3, -0.25) is 0 Å². The third-order valence-corrected chi connectivity index (χ3v) is 3.39. The molecule has 1 saturated carbocycles. The topological polar surface area (TPSA) is 67.1 Å². The van der Waals surface area contributed by atoms with E-state index in [2.05, 4.69) is 15.4 Å². The zero-order valence-electron chi connectivity index (χ0n) is 10.7. The van der Waals surface area contributed by atoms with Crippen molar-refractivity contribution in [3.05, 3.63) is 11.9 Å². The van der Waals surface area contributed by atoms with Crippen molar-refractivity contribution in [2.24, 2.45) is 11.8 Å². The molecule has 0 aromatic carbocycles. The Kier molecular flexibility index (Phi) is 3.53. The van der Waals surface area contributed by atoms with Crippen molar-refractivity contribution in [3.63, 3.8) is 0 Å². The molecule has 1 atom stereocenters. The Bertz CT molecular complexity index is 458. The molecule has 106 valence electrons. The summed E-state index contributed by atoms with van der Waals surface area (Å²) in [5, 5.41) is 0. The maximum Gasteiger partial charge on any atom is 0.451 e. The second kappa shape index (κ2) is 4.84. The van der Waals surface area contributed by atoms with E-state index in [1.807, 2.05) is 6.92 Å². The van der Waals surface area contributed by atoms with E-state index in [4.69, 9.17) is 5.84 Å². The molecule has 8 heteroatoms. The first-order valence-electron chi connectivity index (χ1n) is 5.98. The van der Waals surface area contributed by atoms with Crippen LogP contribution in [0.25, 0.3) is 0 Å². The molecule has 0 bridgehead atoms. The maximum absolute atomic E-state index is 12.7. The lowest BCUT2D eigenvalue weighted by Crippen LogP contribution is -2.32. The lowest BCUT2D eigenvalue weighted by atomic mass is 10.2. The molecule has 3 N–H and O–H groups in total. The number of nitrogens with one attached hydrogen (secondary N) is 1. The summed E-state index contributed by atoms with van der Waals surface area (Å²) >= 11 is 0. The molecule has 0 spiro atoms. The molecule has 1 unspecified atom stereocenters. The third-order valence-electron chi connectivity index (χ3n) is 3.39. The minimum absolute atomic E-state index is 0.0489. The molecule has 0 saturated heterocycles. The number of rotatable bonds is 4. The van der Waals surface area contributed by atoms with Gasteiger partial charge in [-0.25, -0.2) is 15.8 Å². The van der Waals surface area contributed by atoms with E-state index < -0.39 is 12.0 Å². The highest BCUT2D eigenvalue weighted by Gasteiger charge is 2.37. The van der Waals surface area contributed by atoms with E-state index >= 15 is 0 Å². The summed E-state index contributed by atoms with van der Waals surface area (Å²) < 4.78 is 38.1. The molecule has 0 radical (unpaired) electrons. The van der Waals surface area contributed by atoms with Gasteiger partial charge in [0.25, 0.3) is 0 Å². The SMILES string of the molecule is CC(C1CC1)N(C)c1cc(NN)nc(C(F)(F)F)n1. The average molecular weight is 275 g/mol. The summed E-state index contributed by atoms with van der Waals surface area (Å²) in [4.78, 5) is 8.64. The van der Waals surface area contributed by atoms with Crippen LogP contribution in [0.15, 0.2) is 6.07 Å². The Balaban J connectivity index is 2.33. The van der Waals surface area contributed by atoms with Crippen LogP contribution >= 0.6 is 0 Å². The molecule has 0 aliphatic heterocycles. The molecule has 0 amide bonds. The number of nitrogens with two attached hydrogens (primary N) is 1. The van der Waals surface area contributed by atoms with E-state index in [-0.39, 0.29) is 17.7 Å². The molecule has 1 fully saturated rings. The van der Waals surface area contributed by atoms with Crippen LogP contribution < -0.4 is 16.2 Å². The fourth-order valence-electron chi connectivity index (χ4n) is 1.92. The minimum Gasteiger partial charge on any atom is -0.357 e. The Morgan fingerprint density at radius 2 is 2.05 bits per heavy atom. The molecule has 1 aromatic heterocycles. The van der Waals surface area contributed by atoms with Crippen molar-refractivity contribution in [2.45, 2.75) is 32.0 Å². The van der Waals surface area contributed by atoms with Gasteiger partial charge < -0.3 is 10.3 Å². The second-order valence-corrected chi connectivity index (χ2v) is 4.77. The molecule has 19 heavy (non-hydrogen) atoms. The van der Waals surface area contributed by atoms with Gasteiger partial charge in [0.15, 0.2) is 0 Å². The van der Waals surface area contributed by atoms with Crippen LogP contribution in [-0.4, -0.2) is 23.1 Å². The molecule has 2 rings (SSSR count). The van der Waals surface area contributed by atoms with Gasteiger partial charge in [-0.2, -0.15) is 13.2 Å². The molecule has 1 aliphatic carbocycles. The number of nitrogens with zero attached hydrogens (tertiary/aromatic N) is 3. The number of hydrogen-bond donors (Lipinski definition) is 2. The summed E-state index contributed by atoms with van der Waals surface area (Å²) in [6.07, 6.45) is -2.39. The number of hydrogen-bond acceptors (Lipinski definition) is 5. The normalized spacial score (nSPS) is 17.2. The smallest absolute Gasteiger partial charge is 0.357 e. The summed E-state index contributed by atoms with van der Waals surface area (Å²) in [7, 11) is 1.73. The highest BCUT2D eigenvalue weighted by Crippen LogP contribution is 2.36. The first-order valence-corrected chi connectivity index (χ1v) is 5.98. The zero-order valence-corrected chi connectivity index (χ0v) is 10.7. The first kappa shape index (κ1) is 13.9. The van der Waals surface area contributed by atoms with Gasteiger partial charge in [0.05, 0.1) is 0 Å². The number of nitrogen functional groups attached to an aromatic ring is 1. The van der Waals surface area contributed by atoms with E-state index in [0.29, 0.717) is 5.92 Å². The minimum atomic E-state index is -4.59. The van der Waals surface area contributed by atoms with Crippen LogP contribution in [-0.2, 0) is 6.18 Å². The van der Waals surface area contributed by atoms with Crippen molar-refractivity contribution >= 4 is 11.6 Å². The standard InChI is InChI=1S/C11H16F3N5/c1-6(7-3-4-7)19(2)9-5-8(18-15)16-10(17-9)11(12,13)14/h5-7H,3-4,15H2,1-2H3,(H,16,17,18). The van der Waals surface area contributed by atoms with E-state index in [0.717, 1.165) is 12.8 Å². The summed E-state index contributed by atoms with van der Waals surface area (Å²) in [6, 6.07) is 1.55. The molecule has 1 heterocycles. The lowest BCUT2D eigenvalue weighted by molar-refractivity contribution is -0.144. The van der Waals surface area contributed by atoms with Crippen molar-refractivity contribution < 1.29 is 13.2 Å². The number of halogens is 3. The van der Waals surface area contributed by atoms with Crippen molar-refractivity contribution in [3.8, 4) is 0 Å². The summed E-state index contributed by atoms with van der Waals surface area (Å²) in [5.41, 5.74) is 2.14. The fraction of sp³-hybridized carbons (Fsp3) is 0.636. The van der Waals surface area contributed by atoms with Gasteiger partial charge in [-0.05, 0) is 25.7 Å². The van der Waals surface area contributed by atoms with Crippen molar-refractivity contribution in [1.29, 1.82) is 0 Å². The Morgan fingerprint density at radius 1 is 1.42 bits per heavy atom. The summed E-state index contributed by atoms with van der Waals surface area (Å²) in [5.74, 6) is 4.65. The average Bonchev–Trinajstić information content (AvgIpc) is 3.19. The van der Waals surface area contributed by atoms with Crippen LogP contribution in [0.5, 0.6) is 0 Å². The molecule has 5 nitrogen and oxygen atoms in total. The predicted octanol–water partition coefficient (Wildman–Crippen LogP) is 2.02. The van der Waals surface area contributed by atoms with Crippen LogP contribution in [0, 0.1) is 5.92 Å². The number of alkyl halides is 3. The number of anilines is 2. The highest BCUT2D eigenvalue weighted by molar-refractivity contribution is 5.49. The van der Waals surface area contributed by atoms with Gasteiger partial charge >= 0.3 is 6.18 Å². The Morgan fingerprint density at radius 3 is 2.53 bits per heavy atom. The van der Waals surface area contributed by atoms with Crippen molar-refractivity contribution in [2.75, 3.05) is 17.4 Å².